The fourth-order valence-electron chi connectivity index (χ4n) is 1.92. The molecule has 1 atom stereocenters. The van der Waals surface area contributed by atoms with Crippen molar-refractivity contribution in [3.63, 3.8) is 0 Å². The molecule has 0 saturated carbocycles. The van der Waals surface area contributed by atoms with Gasteiger partial charge in [0.2, 0.25) is 10.0 Å². The van der Waals surface area contributed by atoms with Gasteiger partial charge < -0.3 is 0 Å². The number of carbonyl (C=O) groups is 1. The van der Waals surface area contributed by atoms with Crippen LogP contribution in [0.2, 0.25) is 0 Å². The molecule has 1 unspecified atom stereocenters. The van der Waals surface area contributed by atoms with Crippen LogP contribution in [0.1, 0.15) is 34.7 Å². The summed E-state index contributed by atoms with van der Waals surface area (Å²) < 4.78 is 64.3. The summed E-state index contributed by atoms with van der Waals surface area (Å²) in [5.41, 5.74) is 0.380. The first-order valence-corrected chi connectivity index (χ1v) is 8.49. The SMILES string of the molecule is CC(NS(=O)(=O)c1ccc(C(F)(F)F)cc1)c1ncc(C(=O)NO)cn1. The van der Waals surface area contributed by atoms with Crippen molar-refractivity contribution in [1.29, 1.82) is 0 Å². The molecule has 0 spiro atoms. The minimum absolute atomic E-state index is 0.0231. The normalized spacial score (nSPS) is 13.3. The molecule has 2 rings (SSSR count). The van der Waals surface area contributed by atoms with Crippen LogP contribution in [0.25, 0.3) is 0 Å². The van der Waals surface area contributed by atoms with Gasteiger partial charge in [-0.05, 0) is 31.2 Å². The van der Waals surface area contributed by atoms with E-state index < -0.39 is 33.7 Å². The summed E-state index contributed by atoms with van der Waals surface area (Å²) in [7, 11) is -4.12. The Labute approximate surface area is 146 Å². The van der Waals surface area contributed by atoms with E-state index in [9.17, 15) is 26.4 Å². The Morgan fingerprint density at radius 3 is 2.15 bits per heavy atom. The third kappa shape index (κ3) is 4.53. The highest BCUT2D eigenvalue weighted by atomic mass is 32.2. The van der Waals surface area contributed by atoms with E-state index in [1.165, 1.54) is 12.4 Å². The zero-order valence-electron chi connectivity index (χ0n) is 13.1. The van der Waals surface area contributed by atoms with Crippen LogP contribution in [0, 0.1) is 0 Å². The van der Waals surface area contributed by atoms with Gasteiger partial charge in [-0.15, -0.1) is 0 Å². The molecule has 0 bridgehead atoms. The summed E-state index contributed by atoms with van der Waals surface area (Å²) in [6.07, 6.45) is -2.41. The molecule has 0 aliphatic heterocycles. The van der Waals surface area contributed by atoms with E-state index in [0.717, 1.165) is 24.5 Å². The molecule has 0 aliphatic carbocycles. The maximum atomic E-state index is 12.5. The van der Waals surface area contributed by atoms with E-state index in [4.69, 9.17) is 5.21 Å². The minimum atomic E-state index is -4.57. The quantitative estimate of drug-likeness (QED) is 0.527. The van der Waals surface area contributed by atoms with Gasteiger partial charge in [0.25, 0.3) is 5.91 Å². The van der Waals surface area contributed by atoms with Gasteiger partial charge in [-0.25, -0.2) is 28.6 Å². The fraction of sp³-hybridized carbons (Fsp3) is 0.214. The summed E-state index contributed by atoms with van der Waals surface area (Å²) in [6.45, 7) is 1.42. The smallest absolute Gasteiger partial charge is 0.288 e. The summed E-state index contributed by atoms with van der Waals surface area (Å²) in [5, 5.41) is 8.50. The lowest BCUT2D eigenvalue weighted by molar-refractivity contribution is -0.137. The van der Waals surface area contributed by atoms with Crippen LogP contribution in [0.15, 0.2) is 41.6 Å². The Hall–Kier alpha value is -2.57. The number of hydrogen-bond acceptors (Lipinski definition) is 6. The zero-order chi connectivity index (χ0) is 19.5. The van der Waals surface area contributed by atoms with Gasteiger partial charge in [0.15, 0.2) is 0 Å². The molecular weight excluding hydrogens is 377 g/mol. The molecule has 8 nitrogen and oxygen atoms in total. The van der Waals surface area contributed by atoms with E-state index >= 15 is 0 Å². The molecule has 0 fully saturated rings. The first-order valence-electron chi connectivity index (χ1n) is 7.00. The largest absolute Gasteiger partial charge is 0.416 e. The molecule has 0 aliphatic rings. The number of carbonyl (C=O) groups excluding carboxylic acids is 1. The van der Waals surface area contributed by atoms with Gasteiger partial charge in [0.1, 0.15) is 5.82 Å². The van der Waals surface area contributed by atoms with Crippen molar-refractivity contribution < 1.29 is 31.6 Å². The van der Waals surface area contributed by atoms with Gasteiger partial charge in [-0.1, -0.05) is 0 Å². The molecule has 12 heteroatoms. The standard InChI is InChI=1S/C14H13F3N4O4S/c1-8(12-18-6-9(7-19-12)13(22)20-23)21-26(24,25)11-4-2-10(3-5-11)14(15,16)17/h2-8,21,23H,1H3,(H,20,22). The Balaban J connectivity index is 2.16. The molecule has 3 N–H and O–H groups in total. The third-order valence-corrected chi connectivity index (χ3v) is 4.80. The third-order valence-electron chi connectivity index (χ3n) is 3.25. The number of alkyl halides is 3. The Bertz CT molecular complexity index is 884. The first kappa shape index (κ1) is 19.8. The highest BCUT2D eigenvalue weighted by Gasteiger charge is 2.31. The number of nitrogens with one attached hydrogen (secondary N) is 2. The number of benzene rings is 1. The van der Waals surface area contributed by atoms with Gasteiger partial charge in [-0.3, -0.25) is 10.0 Å². The lowest BCUT2D eigenvalue weighted by Crippen LogP contribution is -2.28. The lowest BCUT2D eigenvalue weighted by Gasteiger charge is -2.14. The number of rotatable bonds is 5. The van der Waals surface area contributed by atoms with Crippen LogP contribution in [0.4, 0.5) is 13.2 Å². The van der Waals surface area contributed by atoms with Crippen LogP contribution in [-0.2, 0) is 16.2 Å². The van der Waals surface area contributed by atoms with Crippen molar-refractivity contribution in [3.8, 4) is 0 Å². The fourth-order valence-corrected chi connectivity index (χ4v) is 3.12. The van der Waals surface area contributed by atoms with Crippen LogP contribution in [0.3, 0.4) is 0 Å². The van der Waals surface area contributed by atoms with Crippen LogP contribution in [-0.4, -0.2) is 29.5 Å². The van der Waals surface area contributed by atoms with Gasteiger partial charge in [0, 0.05) is 12.4 Å². The number of nitrogens with zero attached hydrogens (tertiary/aromatic N) is 2. The molecule has 1 amide bonds. The zero-order valence-corrected chi connectivity index (χ0v) is 14.0. The van der Waals surface area contributed by atoms with Crippen molar-refractivity contribution in [2.24, 2.45) is 0 Å². The lowest BCUT2D eigenvalue weighted by atomic mass is 10.2. The molecular formula is C14H13F3N4O4S. The maximum absolute atomic E-state index is 12.5. The highest BCUT2D eigenvalue weighted by Crippen LogP contribution is 2.29. The van der Waals surface area contributed by atoms with E-state index in [1.54, 1.807) is 0 Å². The minimum Gasteiger partial charge on any atom is -0.288 e. The molecule has 1 aromatic carbocycles. The van der Waals surface area contributed by atoms with Crippen LogP contribution < -0.4 is 10.2 Å². The van der Waals surface area contributed by atoms with Crippen molar-refractivity contribution in [2.75, 3.05) is 0 Å². The number of aromatic nitrogens is 2. The van der Waals surface area contributed by atoms with Crippen LogP contribution >= 0.6 is 0 Å². The summed E-state index contributed by atoms with van der Waals surface area (Å²) >= 11 is 0. The molecule has 0 saturated heterocycles. The molecule has 0 radical (unpaired) electrons. The summed E-state index contributed by atoms with van der Waals surface area (Å²) in [4.78, 5) is 18.4. The topological polar surface area (TPSA) is 121 Å². The Kier molecular flexibility index (Phi) is 5.59. The maximum Gasteiger partial charge on any atom is 0.416 e. The molecule has 1 heterocycles. The Morgan fingerprint density at radius 2 is 1.69 bits per heavy atom. The van der Waals surface area contributed by atoms with Gasteiger partial charge in [-0.2, -0.15) is 13.2 Å². The summed E-state index contributed by atoms with van der Waals surface area (Å²) in [6, 6.07) is 2.09. The number of hydrogen-bond donors (Lipinski definition) is 3. The van der Waals surface area contributed by atoms with Crippen molar-refractivity contribution in [3.05, 3.63) is 53.6 Å². The molecule has 140 valence electrons. The molecule has 26 heavy (non-hydrogen) atoms. The van der Waals surface area contributed by atoms with E-state index in [-0.39, 0.29) is 16.3 Å². The predicted molar refractivity (Wildman–Crippen MR) is 81.5 cm³/mol. The second-order valence-electron chi connectivity index (χ2n) is 5.14. The second-order valence-corrected chi connectivity index (χ2v) is 6.85. The summed E-state index contributed by atoms with van der Waals surface area (Å²) in [5.74, 6) is -0.815. The average molecular weight is 390 g/mol. The monoisotopic (exact) mass is 390 g/mol. The van der Waals surface area contributed by atoms with E-state index in [0.29, 0.717) is 12.1 Å². The van der Waals surface area contributed by atoms with E-state index in [1.807, 2.05) is 0 Å². The average Bonchev–Trinajstić information content (AvgIpc) is 2.60. The first-order chi connectivity index (χ1) is 12.0. The van der Waals surface area contributed by atoms with E-state index in [2.05, 4.69) is 14.7 Å². The van der Waals surface area contributed by atoms with Crippen molar-refractivity contribution in [1.82, 2.24) is 20.2 Å². The second kappa shape index (κ2) is 7.35. The van der Waals surface area contributed by atoms with Crippen molar-refractivity contribution in [2.45, 2.75) is 24.0 Å². The number of sulfonamides is 1. The van der Waals surface area contributed by atoms with Crippen molar-refractivity contribution >= 4 is 15.9 Å². The van der Waals surface area contributed by atoms with Gasteiger partial charge >= 0.3 is 6.18 Å². The number of hydroxylamine groups is 1. The molecule has 1 aromatic heterocycles. The Morgan fingerprint density at radius 1 is 1.15 bits per heavy atom. The highest BCUT2D eigenvalue weighted by molar-refractivity contribution is 7.89. The van der Waals surface area contributed by atoms with Crippen LogP contribution in [0.5, 0.6) is 0 Å². The number of halogens is 3. The predicted octanol–water partition coefficient (Wildman–Crippen LogP) is 1.65. The molecule has 2 aromatic rings. The van der Waals surface area contributed by atoms with Gasteiger partial charge in [0.05, 0.1) is 22.1 Å². The number of amides is 1.